The summed E-state index contributed by atoms with van der Waals surface area (Å²) in [6.07, 6.45) is 2.03. The summed E-state index contributed by atoms with van der Waals surface area (Å²) in [4.78, 5) is 0. The fourth-order valence-corrected chi connectivity index (χ4v) is 1.72. The maximum absolute atomic E-state index is 13.0. The van der Waals surface area contributed by atoms with E-state index in [0.29, 0.717) is 17.4 Å². The Bertz CT molecular complexity index is 367. The number of allylic oxidation sites excluding steroid dienone is 1. The first-order chi connectivity index (χ1) is 7.04. The van der Waals surface area contributed by atoms with Gasteiger partial charge >= 0.3 is 0 Å². The van der Waals surface area contributed by atoms with Crippen LogP contribution in [0.15, 0.2) is 23.8 Å². The molecule has 0 spiro atoms. The summed E-state index contributed by atoms with van der Waals surface area (Å²) in [6.45, 7) is 5.97. The van der Waals surface area contributed by atoms with Gasteiger partial charge in [0.15, 0.2) is 0 Å². The normalized spacial score (nSPS) is 12.3. The molecule has 0 saturated heterocycles. The zero-order valence-corrected chi connectivity index (χ0v) is 10.1. The minimum atomic E-state index is -0.163. The van der Waals surface area contributed by atoms with Crippen molar-refractivity contribution in [3.63, 3.8) is 0 Å². The molecule has 0 N–H and O–H groups in total. The lowest BCUT2D eigenvalue weighted by atomic mass is 10.0. The van der Waals surface area contributed by atoms with E-state index < -0.39 is 0 Å². The van der Waals surface area contributed by atoms with E-state index in [4.69, 9.17) is 11.6 Å². The number of benzene rings is 1. The Balaban J connectivity index is 3.01. The van der Waals surface area contributed by atoms with E-state index in [0.717, 1.165) is 5.56 Å². The van der Waals surface area contributed by atoms with Crippen LogP contribution in [0, 0.1) is 18.7 Å². The maximum atomic E-state index is 13.0. The van der Waals surface area contributed by atoms with Gasteiger partial charge in [-0.2, -0.15) is 0 Å². The van der Waals surface area contributed by atoms with Crippen LogP contribution < -0.4 is 0 Å². The lowest BCUT2D eigenvalue weighted by Gasteiger charge is -2.08. The molecular weight excluding hydrogens is 211 g/mol. The van der Waals surface area contributed by atoms with Crippen molar-refractivity contribution in [2.75, 3.05) is 5.88 Å². The van der Waals surface area contributed by atoms with Crippen LogP contribution in [0.2, 0.25) is 0 Å². The van der Waals surface area contributed by atoms with E-state index in [2.05, 4.69) is 13.8 Å². The van der Waals surface area contributed by atoms with Gasteiger partial charge in [0.25, 0.3) is 0 Å². The van der Waals surface area contributed by atoms with Crippen molar-refractivity contribution in [2.24, 2.45) is 5.92 Å². The smallest absolute Gasteiger partial charge is 0.126 e. The summed E-state index contributed by atoms with van der Waals surface area (Å²) in [6, 6.07) is 5.11. The lowest BCUT2D eigenvalue weighted by molar-refractivity contribution is 0.618. The number of hydrogen-bond acceptors (Lipinski definition) is 0. The zero-order chi connectivity index (χ0) is 11.4. The van der Waals surface area contributed by atoms with E-state index in [1.54, 1.807) is 13.0 Å². The number of hydrogen-bond donors (Lipinski definition) is 0. The van der Waals surface area contributed by atoms with E-state index >= 15 is 0 Å². The average Bonchev–Trinajstić information content (AvgIpc) is 2.19. The SMILES string of the molecule is Cc1cc(C=C(CCl)C(C)C)ccc1F. The molecule has 0 atom stereocenters. The highest BCUT2D eigenvalue weighted by molar-refractivity contribution is 6.19. The third-order valence-corrected chi connectivity index (χ3v) is 2.74. The molecule has 0 saturated carbocycles. The molecular formula is C13H16ClF. The highest BCUT2D eigenvalue weighted by atomic mass is 35.5. The second-order valence-corrected chi connectivity index (χ2v) is 4.28. The van der Waals surface area contributed by atoms with Crippen LogP contribution in [0.4, 0.5) is 4.39 Å². The molecule has 0 aliphatic heterocycles. The van der Waals surface area contributed by atoms with Crippen molar-refractivity contribution in [1.29, 1.82) is 0 Å². The Morgan fingerprint density at radius 2 is 2.13 bits per heavy atom. The van der Waals surface area contributed by atoms with Crippen molar-refractivity contribution in [3.8, 4) is 0 Å². The number of alkyl halides is 1. The topological polar surface area (TPSA) is 0 Å². The second-order valence-electron chi connectivity index (χ2n) is 4.02. The molecule has 1 rings (SSSR count). The third-order valence-electron chi connectivity index (χ3n) is 2.43. The van der Waals surface area contributed by atoms with Crippen LogP contribution in [0.25, 0.3) is 6.08 Å². The number of rotatable bonds is 3. The predicted molar refractivity (Wildman–Crippen MR) is 64.7 cm³/mol. The molecule has 1 aromatic rings. The number of halogens is 2. The van der Waals surface area contributed by atoms with Crippen LogP contribution in [0.1, 0.15) is 25.0 Å². The molecule has 0 heterocycles. The van der Waals surface area contributed by atoms with E-state index in [9.17, 15) is 4.39 Å². The molecule has 0 aromatic heterocycles. The third kappa shape index (κ3) is 3.35. The average molecular weight is 227 g/mol. The molecule has 1 aromatic carbocycles. The van der Waals surface area contributed by atoms with Gasteiger partial charge in [0.1, 0.15) is 5.82 Å². The summed E-state index contributed by atoms with van der Waals surface area (Å²) in [5, 5.41) is 0. The number of aryl methyl sites for hydroxylation is 1. The standard InChI is InChI=1S/C13H16ClF/c1-9(2)12(8-14)7-11-4-5-13(15)10(3)6-11/h4-7,9H,8H2,1-3H3. The van der Waals surface area contributed by atoms with Gasteiger partial charge in [0, 0.05) is 5.88 Å². The van der Waals surface area contributed by atoms with Crippen LogP contribution in [-0.2, 0) is 0 Å². The summed E-state index contributed by atoms with van der Waals surface area (Å²) in [5.74, 6) is 0.783. The van der Waals surface area contributed by atoms with Gasteiger partial charge < -0.3 is 0 Å². The Morgan fingerprint density at radius 1 is 1.47 bits per heavy atom. The Morgan fingerprint density at radius 3 is 2.60 bits per heavy atom. The first-order valence-electron chi connectivity index (χ1n) is 5.07. The molecule has 0 aliphatic rings. The van der Waals surface area contributed by atoms with Crippen molar-refractivity contribution in [2.45, 2.75) is 20.8 Å². The minimum Gasteiger partial charge on any atom is -0.207 e. The van der Waals surface area contributed by atoms with E-state index in [-0.39, 0.29) is 5.82 Å². The van der Waals surface area contributed by atoms with Gasteiger partial charge in [-0.3, -0.25) is 0 Å². The van der Waals surface area contributed by atoms with Gasteiger partial charge in [-0.25, -0.2) is 4.39 Å². The molecule has 0 aliphatic carbocycles. The van der Waals surface area contributed by atoms with Gasteiger partial charge in [0.05, 0.1) is 0 Å². The van der Waals surface area contributed by atoms with Crippen molar-refractivity contribution >= 4 is 17.7 Å². The quantitative estimate of drug-likeness (QED) is 0.670. The molecule has 2 heteroatoms. The van der Waals surface area contributed by atoms with Crippen LogP contribution in [-0.4, -0.2) is 5.88 Å². The van der Waals surface area contributed by atoms with Crippen molar-refractivity contribution in [1.82, 2.24) is 0 Å². The highest BCUT2D eigenvalue weighted by Crippen LogP contribution is 2.18. The summed E-state index contributed by atoms with van der Waals surface area (Å²) in [5.41, 5.74) is 2.85. The molecule has 0 unspecified atom stereocenters. The van der Waals surface area contributed by atoms with E-state index in [1.165, 1.54) is 11.6 Å². The van der Waals surface area contributed by atoms with Gasteiger partial charge in [-0.1, -0.05) is 31.6 Å². The first-order valence-corrected chi connectivity index (χ1v) is 5.60. The summed E-state index contributed by atoms with van der Waals surface area (Å²) < 4.78 is 13.0. The van der Waals surface area contributed by atoms with Crippen molar-refractivity contribution in [3.05, 3.63) is 40.7 Å². The molecule has 15 heavy (non-hydrogen) atoms. The van der Waals surface area contributed by atoms with Crippen LogP contribution >= 0.6 is 11.6 Å². The second kappa shape index (κ2) is 5.32. The molecule has 0 fully saturated rings. The van der Waals surface area contributed by atoms with Gasteiger partial charge in [-0.05, 0) is 36.1 Å². The highest BCUT2D eigenvalue weighted by Gasteiger charge is 2.03. The Kier molecular flexibility index (Phi) is 4.34. The van der Waals surface area contributed by atoms with E-state index in [1.807, 2.05) is 12.1 Å². The monoisotopic (exact) mass is 226 g/mol. The molecule has 0 amide bonds. The largest absolute Gasteiger partial charge is 0.207 e. The zero-order valence-electron chi connectivity index (χ0n) is 9.35. The van der Waals surface area contributed by atoms with Gasteiger partial charge in [-0.15, -0.1) is 11.6 Å². The first kappa shape index (κ1) is 12.3. The predicted octanol–water partition coefficient (Wildman–Crippen LogP) is 4.41. The molecule has 82 valence electrons. The Labute approximate surface area is 95.8 Å². The van der Waals surface area contributed by atoms with Gasteiger partial charge in [0.2, 0.25) is 0 Å². The summed E-state index contributed by atoms with van der Waals surface area (Å²) in [7, 11) is 0. The fourth-order valence-electron chi connectivity index (χ4n) is 1.33. The molecule has 0 radical (unpaired) electrons. The molecule has 0 nitrogen and oxygen atoms in total. The van der Waals surface area contributed by atoms with Crippen LogP contribution in [0.3, 0.4) is 0 Å². The summed E-state index contributed by atoms with van der Waals surface area (Å²) >= 11 is 5.84. The maximum Gasteiger partial charge on any atom is 0.126 e. The van der Waals surface area contributed by atoms with Crippen LogP contribution in [0.5, 0.6) is 0 Å². The fraction of sp³-hybridized carbons (Fsp3) is 0.385. The van der Waals surface area contributed by atoms with Crippen molar-refractivity contribution < 1.29 is 4.39 Å². The Hall–Kier alpha value is -0.820. The minimum absolute atomic E-state index is 0.163. The molecule has 0 bridgehead atoms. The lowest BCUT2D eigenvalue weighted by Crippen LogP contribution is -1.95.